The Morgan fingerprint density at radius 2 is 2.46 bits per heavy atom. The average molecular weight is 260 g/mol. The average Bonchev–Trinajstić information content (AvgIpc) is 2.16. The highest BCUT2D eigenvalue weighted by Crippen LogP contribution is 2.24. The molecule has 4 heteroatoms. The summed E-state index contributed by atoms with van der Waals surface area (Å²) in [6.07, 6.45) is 2.32. The van der Waals surface area contributed by atoms with Crippen LogP contribution in [0.15, 0.2) is 27.8 Å². The van der Waals surface area contributed by atoms with Crippen molar-refractivity contribution < 1.29 is 4.79 Å². The number of thioether (sulfide) groups is 1. The van der Waals surface area contributed by atoms with Gasteiger partial charge in [-0.15, -0.1) is 0 Å². The maximum absolute atomic E-state index is 11.0. The predicted molar refractivity (Wildman–Crippen MR) is 58.0 cm³/mol. The first-order chi connectivity index (χ1) is 6.24. The van der Waals surface area contributed by atoms with Crippen LogP contribution >= 0.6 is 27.7 Å². The number of nitrogens with zero attached hydrogens (tertiary/aromatic N) is 1. The number of carbonyl (C=O) groups excluding carboxylic acids is 1. The van der Waals surface area contributed by atoms with Gasteiger partial charge in [-0.2, -0.15) is 0 Å². The summed E-state index contributed by atoms with van der Waals surface area (Å²) in [5, 5.41) is 0.879. The van der Waals surface area contributed by atoms with Crippen LogP contribution in [0.25, 0.3) is 0 Å². The third-order valence-electron chi connectivity index (χ3n) is 1.49. The van der Waals surface area contributed by atoms with Crippen LogP contribution in [0.1, 0.15) is 13.3 Å². The summed E-state index contributed by atoms with van der Waals surface area (Å²) in [6.45, 7) is 1.87. The Kier molecular flexibility index (Phi) is 4.45. The molecule has 0 spiro atoms. The third-order valence-corrected chi connectivity index (χ3v) is 3.46. The molecule has 0 fully saturated rings. The van der Waals surface area contributed by atoms with Crippen molar-refractivity contribution in [1.82, 2.24) is 4.98 Å². The van der Waals surface area contributed by atoms with Crippen molar-refractivity contribution in [2.45, 2.75) is 18.4 Å². The molecule has 13 heavy (non-hydrogen) atoms. The molecule has 0 saturated heterocycles. The Hall–Kier alpha value is -0.350. The lowest BCUT2D eigenvalue weighted by atomic mass is 10.4. The monoisotopic (exact) mass is 259 g/mol. The summed E-state index contributed by atoms with van der Waals surface area (Å²) in [4.78, 5) is 15.2. The molecule has 0 aliphatic rings. The molecule has 0 amide bonds. The molecule has 1 aromatic rings. The minimum Gasteiger partial charge on any atom is -0.299 e. The minimum absolute atomic E-state index is 0.252. The van der Waals surface area contributed by atoms with Crippen molar-refractivity contribution in [2.75, 3.05) is 5.75 Å². The first-order valence-corrected chi connectivity index (χ1v) is 5.77. The highest BCUT2D eigenvalue weighted by atomic mass is 79.9. The smallest absolute Gasteiger partial charge is 0.142 e. The lowest BCUT2D eigenvalue weighted by molar-refractivity contribution is -0.116. The highest BCUT2D eigenvalue weighted by Gasteiger charge is 2.03. The number of hydrogen-bond donors (Lipinski definition) is 0. The van der Waals surface area contributed by atoms with Crippen LogP contribution in [0.5, 0.6) is 0 Å². The molecule has 2 nitrogen and oxygen atoms in total. The maximum Gasteiger partial charge on any atom is 0.142 e. The van der Waals surface area contributed by atoms with Crippen LogP contribution in [0, 0.1) is 0 Å². The van der Waals surface area contributed by atoms with Gasteiger partial charge < -0.3 is 0 Å². The largest absolute Gasteiger partial charge is 0.299 e. The number of pyridine rings is 1. The molecule has 0 atom stereocenters. The molecule has 0 N–H and O–H groups in total. The quantitative estimate of drug-likeness (QED) is 0.779. The van der Waals surface area contributed by atoms with Crippen molar-refractivity contribution in [3.05, 3.63) is 22.8 Å². The Labute approximate surface area is 90.3 Å². The van der Waals surface area contributed by atoms with Gasteiger partial charge in [-0.3, -0.25) is 4.79 Å². The summed E-state index contributed by atoms with van der Waals surface area (Å²) in [7, 11) is 0. The van der Waals surface area contributed by atoms with E-state index in [0.29, 0.717) is 12.2 Å². The zero-order valence-corrected chi connectivity index (χ0v) is 9.69. The molecule has 0 bridgehead atoms. The van der Waals surface area contributed by atoms with Crippen molar-refractivity contribution in [1.29, 1.82) is 0 Å². The lowest BCUT2D eigenvalue weighted by Gasteiger charge is -2.00. The van der Waals surface area contributed by atoms with Crippen molar-refractivity contribution in [3.8, 4) is 0 Å². The summed E-state index contributed by atoms with van der Waals surface area (Å²) in [5.74, 6) is 0.758. The van der Waals surface area contributed by atoms with E-state index in [9.17, 15) is 4.79 Å². The Bertz CT molecular complexity index is 303. The van der Waals surface area contributed by atoms with Gasteiger partial charge in [0, 0.05) is 17.1 Å². The second-order valence-electron chi connectivity index (χ2n) is 2.47. The van der Waals surface area contributed by atoms with Gasteiger partial charge in [-0.1, -0.05) is 18.7 Å². The van der Waals surface area contributed by atoms with E-state index >= 15 is 0 Å². The maximum atomic E-state index is 11.0. The van der Waals surface area contributed by atoms with Crippen molar-refractivity contribution in [2.24, 2.45) is 0 Å². The third kappa shape index (κ3) is 3.48. The van der Waals surface area contributed by atoms with E-state index in [1.54, 1.807) is 6.20 Å². The second kappa shape index (κ2) is 5.40. The zero-order chi connectivity index (χ0) is 9.68. The van der Waals surface area contributed by atoms with Crippen LogP contribution in [-0.2, 0) is 4.79 Å². The molecular formula is C9H10BrNOS. The molecule has 0 aliphatic carbocycles. The highest BCUT2D eigenvalue weighted by molar-refractivity contribution is 9.10. The van der Waals surface area contributed by atoms with Crippen LogP contribution in [-0.4, -0.2) is 16.5 Å². The van der Waals surface area contributed by atoms with E-state index in [1.165, 1.54) is 11.8 Å². The van der Waals surface area contributed by atoms with Gasteiger partial charge in [-0.05, 0) is 28.1 Å². The number of hydrogen-bond acceptors (Lipinski definition) is 3. The number of aromatic nitrogens is 1. The van der Waals surface area contributed by atoms with Gasteiger partial charge in [0.2, 0.25) is 0 Å². The second-order valence-corrected chi connectivity index (χ2v) is 4.29. The molecule has 0 unspecified atom stereocenters. The van der Waals surface area contributed by atoms with Crippen molar-refractivity contribution in [3.63, 3.8) is 0 Å². The van der Waals surface area contributed by atoms with Gasteiger partial charge in [-0.25, -0.2) is 4.98 Å². The molecule has 0 saturated carbocycles. The number of Topliss-reactive ketones (excluding diaryl/α,β-unsaturated/α-hetero) is 1. The molecular weight excluding hydrogens is 250 g/mol. The first kappa shape index (κ1) is 10.7. The summed E-state index contributed by atoms with van der Waals surface area (Å²) >= 11 is 4.85. The van der Waals surface area contributed by atoms with Gasteiger partial charge >= 0.3 is 0 Å². The van der Waals surface area contributed by atoms with E-state index in [0.717, 1.165) is 9.50 Å². The van der Waals surface area contributed by atoms with E-state index in [1.807, 2.05) is 19.1 Å². The fourth-order valence-electron chi connectivity index (χ4n) is 0.728. The van der Waals surface area contributed by atoms with Crippen LogP contribution in [0.4, 0.5) is 0 Å². The van der Waals surface area contributed by atoms with Crippen molar-refractivity contribution >= 4 is 33.5 Å². The van der Waals surface area contributed by atoms with E-state index in [2.05, 4.69) is 20.9 Å². The van der Waals surface area contributed by atoms with E-state index < -0.39 is 0 Å². The molecule has 0 aromatic carbocycles. The standard InChI is InChI=1S/C9H10BrNOS/c1-2-7(12)6-13-9-8(10)4-3-5-11-9/h3-5H,2,6H2,1H3. The molecule has 1 heterocycles. The van der Waals surface area contributed by atoms with Gasteiger partial charge in [0.25, 0.3) is 0 Å². The first-order valence-electron chi connectivity index (χ1n) is 3.99. The minimum atomic E-state index is 0.252. The van der Waals surface area contributed by atoms with Crippen LogP contribution < -0.4 is 0 Å². The van der Waals surface area contributed by atoms with E-state index in [-0.39, 0.29) is 5.78 Å². The Morgan fingerprint density at radius 1 is 1.69 bits per heavy atom. The fourth-order valence-corrected chi connectivity index (χ4v) is 2.17. The molecule has 70 valence electrons. The van der Waals surface area contributed by atoms with Crippen LogP contribution in [0.2, 0.25) is 0 Å². The van der Waals surface area contributed by atoms with Crippen LogP contribution in [0.3, 0.4) is 0 Å². The Balaban J connectivity index is 2.54. The van der Waals surface area contributed by atoms with E-state index in [4.69, 9.17) is 0 Å². The molecule has 1 rings (SSSR count). The summed E-state index contributed by atoms with van der Waals surface area (Å²) in [6, 6.07) is 3.78. The summed E-state index contributed by atoms with van der Waals surface area (Å²) < 4.78 is 0.948. The number of halogens is 1. The molecule has 0 radical (unpaired) electrons. The lowest BCUT2D eigenvalue weighted by Crippen LogP contribution is -1.98. The normalized spacial score (nSPS) is 10.0. The predicted octanol–water partition coefficient (Wildman–Crippen LogP) is 2.92. The number of ketones is 1. The zero-order valence-electron chi connectivity index (χ0n) is 7.29. The molecule has 0 aliphatic heterocycles. The number of rotatable bonds is 4. The summed E-state index contributed by atoms with van der Waals surface area (Å²) in [5.41, 5.74) is 0. The van der Waals surface area contributed by atoms with Gasteiger partial charge in [0.05, 0.1) is 5.75 Å². The number of carbonyl (C=O) groups is 1. The molecule has 1 aromatic heterocycles. The fraction of sp³-hybridized carbons (Fsp3) is 0.333. The van der Waals surface area contributed by atoms with Gasteiger partial charge in [0.1, 0.15) is 10.8 Å². The topological polar surface area (TPSA) is 30.0 Å². The van der Waals surface area contributed by atoms with Gasteiger partial charge in [0.15, 0.2) is 0 Å². The SMILES string of the molecule is CCC(=O)CSc1ncccc1Br. The Morgan fingerprint density at radius 3 is 3.08 bits per heavy atom.